The van der Waals surface area contributed by atoms with Crippen LogP contribution in [0.1, 0.15) is 16.8 Å². The zero-order valence-corrected chi connectivity index (χ0v) is 13.2. The number of benzene rings is 1. The first-order valence-corrected chi connectivity index (χ1v) is 7.48. The fraction of sp³-hybridized carbons (Fsp3) is 0.111. The van der Waals surface area contributed by atoms with Gasteiger partial charge in [0.25, 0.3) is 0 Å². The molecule has 2 heterocycles. The molecular formula is C18H16N6. The van der Waals surface area contributed by atoms with Crippen LogP contribution in [-0.2, 0) is 6.54 Å². The van der Waals surface area contributed by atoms with Gasteiger partial charge < -0.3 is 10.6 Å². The van der Waals surface area contributed by atoms with Crippen LogP contribution in [0.2, 0.25) is 0 Å². The molecule has 0 saturated carbocycles. The molecule has 2 N–H and O–H groups in total. The summed E-state index contributed by atoms with van der Waals surface area (Å²) in [6.07, 6.45) is 3.53. The van der Waals surface area contributed by atoms with Gasteiger partial charge in [-0.15, -0.1) is 0 Å². The van der Waals surface area contributed by atoms with Crippen LogP contribution in [0.25, 0.3) is 0 Å². The molecule has 0 saturated heterocycles. The van der Waals surface area contributed by atoms with Crippen molar-refractivity contribution < 1.29 is 0 Å². The fourth-order valence-electron chi connectivity index (χ4n) is 2.17. The van der Waals surface area contributed by atoms with Crippen LogP contribution >= 0.6 is 0 Å². The number of aryl methyl sites for hydroxylation is 1. The minimum Gasteiger partial charge on any atom is -0.366 e. The van der Waals surface area contributed by atoms with Gasteiger partial charge >= 0.3 is 0 Å². The van der Waals surface area contributed by atoms with Crippen molar-refractivity contribution in [2.75, 3.05) is 10.6 Å². The Labute approximate surface area is 140 Å². The summed E-state index contributed by atoms with van der Waals surface area (Å²) in [6, 6.07) is 15.1. The van der Waals surface area contributed by atoms with E-state index in [0.717, 1.165) is 22.8 Å². The van der Waals surface area contributed by atoms with E-state index in [9.17, 15) is 0 Å². The van der Waals surface area contributed by atoms with E-state index in [1.807, 2.05) is 37.3 Å². The average molecular weight is 316 g/mol. The van der Waals surface area contributed by atoms with Crippen molar-refractivity contribution in [3.05, 3.63) is 71.7 Å². The summed E-state index contributed by atoms with van der Waals surface area (Å²) in [6.45, 7) is 2.58. The first kappa shape index (κ1) is 15.4. The number of hydrogen-bond acceptors (Lipinski definition) is 6. The summed E-state index contributed by atoms with van der Waals surface area (Å²) in [5.74, 6) is 1.26. The van der Waals surface area contributed by atoms with E-state index in [1.54, 1.807) is 24.5 Å². The molecule has 118 valence electrons. The lowest BCUT2D eigenvalue weighted by molar-refractivity contribution is 1.05. The molecule has 1 aromatic carbocycles. The van der Waals surface area contributed by atoms with Crippen molar-refractivity contribution >= 4 is 17.5 Å². The highest BCUT2D eigenvalue weighted by Crippen LogP contribution is 2.16. The van der Waals surface area contributed by atoms with Crippen LogP contribution in [0.5, 0.6) is 0 Å². The van der Waals surface area contributed by atoms with E-state index in [2.05, 4.69) is 31.7 Å². The van der Waals surface area contributed by atoms with Gasteiger partial charge in [-0.05, 0) is 48.9 Å². The van der Waals surface area contributed by atoms with Gasteiger partial charge in [0.2, 0.25) is 5.95 Å². The molecule has 24 heavy (non-hydrogen) atoms. The largest absolute Gasteiger partial charge is 0.366 e. The summed E-state index contributed by atoms with van der Waals surface area (Å²) < 4.78 is 0. The molecule has 0 fully saturated rings. The second-order valence-corrected chi connectivity index (χ2v) is 5.24. The van der Waals surface area contributed by atoms with E-state index in [-0.39, 0.29) is 0 Å². The predicted molar refractivity (Wildman–Crippen MR) is 92.8 cm³/mol. The molecule has 6 heteroatoms. The number of rotatable bonds is 5. The highest BCUT2D eigenvalue weighted by atomic mass is 15.1. The Kier molecular flexibility index (Phi) is 4.63. The van der Waals surface area contributed by atoms with E-state index < -0.39 is 0 Å². The van der Waals surface area contributed by atoms with Crippen molar-refractivity contribution in [2.24, 2.45) is 0 Å². The van der Waals surface area contributed by atoms with Crippen molar-refractivity contribution in [1.29, 1.82) is 5.26 Å². The Morgan fingerprint density at radius 2 is 1.79 bits per heavy atom. The van der Waals surface area contributed by atoms with Crippen molar-refractivity contribution in [3.63, 3.8) is 0 Å². The minimum atomic E-state index is 0.511. The monoisotopic (exact) mass is 316 g/mol. The lowest BCUT2D eigenvalue weighted by atomic mass is 10.2. The summed E-state index contributed by atoms with van der Waals surface area (Å²) in [7, 11) is 0. The molecule has 0 aliphatic heterocycles. The lowest BCUT2D eigenvalue weighted by Crippen LogP contribution is -2.05. The van der Waals surface area contributed by atoms with Gasteiger partial charge in [-0.1, -0.05) is 0 Å². The van der Waals surface area contributed by atoms with Crippen LogP contribution < -0.4 is 10.6 Å². The molecule has 3 rings (SSSR count). The van der Waals surface area contributed by atoms with E-state index in [1.165, 1.54) is 0 Å². The lowest BCUT2D eigenvalue weighted by Gasteiger charge is -2.10. The second kappa shape index (κ2) is 7.20. The molecule has 6 nitrogen and oxygen atoms in total. The standard InChI is InChI=1S/C18H16N6/c1-13-10-17(21-12-15-6-8-20-9-7-15)24-18(22-13)23-16-4-2-14(11-19)3-5-16/h2-10H,12H2,1H3,(H2,21,22,23,24). The van der Waals surface area contributed by atoms with Crippen LogP contribution in [0, 0.1) is 18.3 Å². The fourth-order valence-corrected chi connectivity index (χ4v) is 2.17. The minimum absolute atomic E-state index is 0.511. The van der Waals surface area contributed by atoms with Crippen molar-refractivity contribution in [2.45, 2.75) is 13.5 Å². The molecule has 0 unspecified atom stereocenters. The molecule has 2 aromatic heterocycles. The zero-order chi connectivity index (χ0) is 16.8. The molecule has 0 aliphatic carbocycles. The van der Waals surface area contributed by atoms with Gasteiger partial charge in [0.1, 0.15) is 5.82 Å². The number of nitrogens with zero attached hydrogens (tertiary/aromatic N) is 4. The van der Waals surface area contributed by atoms with Gasteiger partial charge in [0.05, 0.1) is 11.6 Å². The summed E-state index contributed by atoms with van der Waals surface area (Å²) in [4.78, 5) is 12.9. The van der Waals surface area contributed by atoms with Crippen molar-refractivity contribution in [3.8, 4) is 6.07 Å². The maximum atomic E-state index is 8.84. The van der Waals surface area contributed by atoms with Gasteiger partial charge in [-0.25, -0.2) is 4.98 Å². The van der Waals surface area contributed by atoms with Crippen molar-refractivity contribution in [1.82, 2.24) is 15.0 Å². The summed E-state index contributed by atoms with van der Waals surface area (Å²) in [5.41, 5.74) is 3.44. The SMILES string of the molecule is Cc1cc(NCc2ccncc2)nc(Nc2ccc(C#N)cc2)n1. The van der Waals surface area contributed by atoms with Crippen LogP contribution in [0.4, 0.5) is 17.5 Å². The number of hydrogen-bond donors (Lipinski definition) is 2. The Morgan fingerprint density at radius 3 is 2.50 bits per heavy atom. The summed E-state index contributed by atoms with van der Waals surface area (Å²) >= 11 is 0. The van der Waals surface area contributed by atoms with Crippen LogP contribution in [0.15, 0.2) is 54.9 Å². The number of aromatic nitrogens is 3. The Balaban J connectivity index is 1.72. The first-order chi connectivity index (χ1) is 11.7. The molecule has 0 amide bonds. The highest BCUT2D eigenvalue weighted by Gasteiger charge is 2.03. The van der Waals surface area contributed by atoms with Crippen LogP contribution in [-0.4, -0.2) is 15.0 Å². The third-order valence-corrected chi connectivity index (χ3v) is 3.35. The molecule has 3 aromatic rings. The normalized spacial score (nSPS) is 10.0. The number of nitriles is 1. The first-order valence-electron chi connectivity index (χ1n) is 7.48. The van der Waals surface area contributed by atoms with Gasteiger partial charge in [0.15, 0.2) is 0 Å². The number of anilines is 3. The molecule has 0 atom stereocenters. The Hall–Kier alpha value is -3.46. The van der Waals surface area contributed by atoms with E-state index >= 15 is 0 Å². The molecule has 0 aliphatic rings. The number of nitrogens with one attached hydrogen (secondary N) is 2. The topological polar surface area (TPSA) is 86.5 Å². The second-order valence-electron chi connectivity index (χ2n) is 5.24. The number of pyridine rings is 1. The molecule has 0 bridgehead atoms. The van der Waals surface area contributed by atoms with E-state index in [4.69, 9.17) is 5.26 Å². The smallest absolute Gasteiger partial charge is 0.229 e. The Morgan fingerprint density at radius 1 is 1.04 bits per heavy atom. The molecule has 0 spiro atoms. The Bertz CT molecular complexity index is 853. The van der Waals surface area contributed by atoms with Gasteiger partial charge in [-0.2, -0.15) is 10.2 Å². The van der Waals surface area contributed by atoms with Crippen LogP contribution in [0.3, 0.4) is 0 Å². The molecule has 0 radical (unpaired) electrons. The summed E-state index contributed by atoms with van der Waals surface area (Å²) in [5, 5.41) is 15.3. The maximum Gasteiger partial charge on any atom is 0.229 e. The average Bonchev–Trinajstić information content (AvgIpc) is 2.61. The van der Waals surface area contributed by atoms with Gasteiger partial charge in [-0.3, -0.25) is 4.98 Å². The van der Waals surface area contributed by atoms with Gasteiger partial charge in [0, 0.05) is 36.4 Å². The zero-order valence-electron chi connectivity index (χ0n) is 13.2. The quantitative estimate of drug-likeness (QED) is 0.750. The predicted octanol–water partition coefficient (Wildman–Crippen LogP) is 3.41. The molecular weight excluding hydrogens is 300 g/mol. The highest BCUT2D eigenvalue weighted by molar-refractivity contribution is 5.56. The third kappa shape index (κ3) is 4.05. The third-order valence-electron chi connectivity index (χ3n) is 3.35. The van der Waals surface area contributed by atoms with E-state index in [0.29, 0.717) is 18.1 Å². The maximum absolute atomic E-state index is 8.84.